The Bertz CT molecular complexity index is 662. The van der Waals surface area contributed by atoms with Crippen molar-refractivity contribution in [3.8, 4) is 0 Å². The fraction of sp³-hybridized carbons (Fsp3) is 0.529. The van der Waals surface area contributed by atoms with E-state index < -0.39 is 55.0 Å². The molecule has 7 atom stereocenters. The van der Waals surface area contributed by atoms with Gasteiger partial charge in [0.25, 0.3) is 6.48 Å². The van der Waals surface area contributed by atoms with Crippen LogP contribution in [-0.2, 0) is 33.2 Å². The molecule has 0 radical (unpaired) electrons. The van der Waals surface area contributed by atoms with Crippen LogP contribution in [0, 0.1) is 0 Å². The van der Waals surface area contributed by atoms with Gasteiger partial charge < -0.3 is 28.4 Å². The number of carbonyl (C=O) groups excluding carboxylic acids is 2. The lowest BCUT2D eigenvalue weighted by Gasteiger charge is -2.57. The fourth-order valence-electron chi connectivity index (χ4n) is 3.56. The molecule has 3 aliphatic heterocycles. The highest BCUT2D eigenvalue weighted by Crippen LogP contribution is 2.43. The molecule has 25 heavy (non-hydrogen) atoms. The van der Waals surface area contributed by atoms with Crippen LogP contribution < -0.4 is 0 Å². The highest BCUT2D eigenvalue weighted by molar-refractivity contribution is 5.89. The summed E-state index contributed by atoms with van der Waals surface area (Å²) in [5, 5.41) is 0. The summed E-state index contributed by atoms with van der Waals surface area (Å²) in [7, 11) is 1.50. The van der Waals surface area contributed by atoms with Crippen LogP contribution in [0.4, 0.5) is 0 Å². The lowest BCUT2D eigenvalue weighted by molar-refractivity contribution is -0.481. The first-order valence-corrected chi connectivity index (χ1v) is 8.01. The lowest BCUT2D eigenvalue weighted by Crippen LogP contribution is -2.76. The molecule has 1 aromatic rings. The van der Waals surface area contributed by atoms with Gasteiger partial charge in [-0.2, -0.15) is 0 Å². The third kappa shape index (κ3) is 2.81. The molecule has 4 bridgehead atoms. The number of ether oxygens (including phenoxy) is 6. The van der Waals surface area contributed by atoms with Crippen LogP contribution >= 0.6 is 0 Å². The third-order valence-corrected chi connectivity index (χ3v) is 4.57. The maximum Gasteiger partial charge on any atom is 0.338 e. The number of rotatable bonds is 4. The maximum absolute atomic E-state index is 12.4. The van der Waals surface area contributed by atoms with E-state index in [2.05, 4.69) is 0 Å². The van der Waals surface area contributed by atoms with Crippen molar-refractivity contribution in [2.45, 2.75) is 50.0 Å². The molecule has 0 N–H and O–H groups in total. The SMILES string of the molecule is CO[C@@H]1[C@H]2OC3O[C@@H]1[C@@H](OC(C)=O)[C@H](O3)[C@@H]2OC(=O)c1ccccc1. The van der Waals surface area contributed by atoms with E-state index in [9.17, 15) is 9.59 Å². The molecule has 8 heteroatoms. The largest absolute Gasteiger partial charge is 0.457 e. The summed E-state index contributed by atoms with van der Waals surface area (Å²) in [5.41, 5.74) is 0.408. The standard InChI is InChI=1S/C17H18O8/c1-8(18)21-13-11-10(20-2)12-14(15(13)25-17(23-11)24-12)22-16(19)9-6-4-3-5-7-9/h3-7,10-15,17H,1-2H3/t10-,11-,12+,13+,14+,15-,17?/m0/s1. The average Bonchev–Trinajstić information content (AvgIpc) is 2.61. The van der Waals surface area contributed by atoms with Gasteiger partial charge in [-0.3, -0.25) is 4.79 Å². The second-order valence-electron chi connectivity index (χ2n) is 6.10. The summed E-state index contributed by atoms with van der Waals surface area (Å²) >= 11 is 0. The van der Waals surface area contributed by atoms with Gasteiger partial charge in [0, 0.05) is 14.0 Å². The molecule has 4 aliphatic rings. The van der Waals surface area contributed by atoms with E-state index in [1.165, 1.54) is 14.0 Å². The Labute approximate surface area is 143 Å². The monoisotopic (exact) mass is 350 g/mol. The smallest absolute Gasteiger partial charge is 0.338 e. The zero-order valence-corrected chi connectivity index (χ0v) is 13.7. The topological polar surface area (TPSA) is 89.5 Å². The van der Waals surface area contributed by atoms with Crippen LogP contribution in [-0.4, -0.2) is 62.1 Å². The van der Waals surface area contributed by atoms with Crippen LogP contribution in [0.15, 0.2) is 30.3 Å². The van der Waals surface area contributed by atoms with Crippen molar-refractivity contribution in [3.05, 3.63) is 35.9 Å². The average molecular weight is 350 g/mol. The number of methoxy groups -OCH3 is 1. The van der Waals surface area contributed by atoms with Gasteiger partial charge in [0.2, 0.25) is 0 Å². The molecule has 0 spiro atoms. The molecule has 0 aromatic heterocycles. The summed E-state index contributed by atoms with van der Waals surface area (Å²) in [6, 6.07) is 8.60. The summed E-state index contributed by atoms with van der Waals surface area (Å²) in [4.78, 5) is 23.9. The van der Waals surface area contributed by atoms with E-state index in [1.54, 1.807) is 30.3 Å². The number of esters is 2. The highest BCUT2D eigenvalue weighted by atomic mass is 16.9. The molecule has 3 saturated heterocycles. The van der Waals surface area contributed by atoms with Crippen molar-refractivity contribution in [1.82, 2.24) is 0 Å². The summed E-state index contributed by atoms with van der Waals surface area (Å²) in [6.45, 7) is 0.416. The van der Waals surface area contributed by atoms with Gasteiger partial charge in [-0.25, -0.2) is 4.79 Å². The van der Waals surface area contributed by atoms with E-state index in [0.717, 1.165) is 0 Å². The van der Waals surface area contributed by atoms with E-state index in [1.807, 2.05) is 0 Å². The van der Waals surface area contributed by atoms with Crippen LogP contribution in [0.2, 0.25) is 0 Å². The Hall–Kier alpha value is -2.00. The first-order chi connectivity index (χ1) is 12.1. The lowest BCUT2D eigenvalue weighted by atomic mass is 9.82. The van der Waals surface area contributed by atoms with Crippen molar-refractivity contribution in [2.75, 3.05) is 7.11 Å². The Kier molecular flexibility index (Phi) is 4.20. The van der Waals surface area contributed by atoms with Gasteiger partial charge in [-0.1, -0.05) is 18.2 Å². The number of carbonyl (C=O) groups is 2. The number of benzene rings is 1. The highest BCUT2D eigenvalue weighted by Gasteiger charge is 2.65. The summed E-state index contributed by atoms with van der Waals surface area (Å²) < 4.78 is 33.3. The fourth-order valence-corrected chi connectivity index (χ4v) is 3.56. The van der Waals surface area contributed by atoms with Crippen LogP contribution in [0.3, 0.4) is 0 Å². The predicted octanol–water partition coefficient (Wildman–Crippen LogP) is 0.639. The van der Waals surface area contributed by atoms with Crippen molar-refractivity contribution in [2.24, 2.45) is 0 Å². The molecular formula is C17H18O8. The Balaban J connectivity index is 1.60. The van der Waals surface area contributed by atoms with Gasteiger partial charge in [0.05, 0.1) is 5.56 Å². The molecule has 4 fully saturated rings. The number of hydrogen-bond donors (Lipinski definition) is 0. The zero-order chi connectivity index (χ0) is 17.6. The van der Waals surface area contributed by atoms with Crippen LogP contribution in [0.1, 0.15) is 17.3 Å². The van der Waals surface area contributed by atoms with Gasteiger partial charge in [0.1, 0.15) is 24.4 Å². The van der Waals surface area contributed by atoms with E-state index in [-0.39, 0.29) is 0 Å². The molecule has 5 rings (SSSR count). The van der Waals surface area contributed by atoms with Gasteiger partial charge in [-0.05, 0) is 12.1 Å². The molecule has 8 nitrogen and oxygen atoms in total. The molecular weight excluding hydrogens is 332 g/mol. The minimum absolute atomic E-state index is 0.408. The van der Waals surface area contributed by atoms with Crippen molar-refractivity contribution < 1.29 is 38.0 Å². The molecule has 1 unspecified atom stereocenters. The normalized spacial score (nSPS) is 38.4. The minimum atomic E-state index is -0.884. The second-order valence-corrected chi connectivity index (χ2v) is 6.10. The van der Waals surface area contributed by atoms with E-state index >= 15 is 0 Å². The Morgan fingerprint density at radius 2 is 1.44 bits per heavy atom. The minimum Gasteiger partial charge on any atom is -0.457 e. The Morgan fingerprint density at radius 3 is 2.00 bits per heavy atom. The molecule has 1 saturated carbocycles. The third-order valence-electron chi connectivity index (χ3n) is 4.57. The first-order valence-electron chi connectivity index (χ1n) is 8.01. The van der Waals surface area contributed by atoms with Crippen molar-refractivity contribution >= 4 is 11.9 Å². The quantitative estimate of drug-likeness (QED) is 0.731. The summed E-state index contributed by atoms with van der Waals surface area (Å²) in [6.07, 6.45) is -3.85. The maximum atomic E-state index is 12.4. The predicted molar refractivity (Wildman–Crippen MR) is 80.4 cm³/mol. The molecule has 1 aliphatic carbocycles. The van der Waals surface area contributed by atoms with Gasteiger partial charge in [-0.15, -0.1) is 0 Å². The Morgan fingerprint density at radius 1 is 0.880 bits per heavy atom. The van der Waals surface area contributed by atoms with E-state index in [0.29, 0.717) is 5.56 Å². The van der Waals surface area contributed by atoms with E-state index in [4.69, 9.17) is 28.4 Å². The second kappa shape index (κ2) is 6.38. The van der Waals surface area contributed by atoms with Crippen molar-refractivity contribution in [3.63, 3.8) is 0 Å². The first kappa shape index (κ1) is 16.5. The zero-order valence-electron chi connectivity index (χ0n) is 13.7. The van der Waals surface area contributed by atoms with Crippen LogP contribution in [0.25, 0.3) is 0 Å². The van der Waals surface area contributed by atoms with Crippen LogP contribution in [0.5, 0.6) is 0 Å². The van der Waals surface area contributed by atoms with Gasteiger partial charge in [0.15, 0.2) is 12.2 Å². The molecule has 0 amide bonds. The summed E-state index contributed by atoms with van der Waals surface area (Å²) in [5.74, 6) is -0.990. The molecule has 134 valence electrons. The number of hydrogen-bond acceptors (Lipinski definition) is 8. The van der Waals surface area contributed by atoms with Crippen molar-refractivity contribution in [1.29, 1.82) is 0 Å². The van der Waals surface area contributed by atoms with Gasteiger partial charge >= 0.3 is 11.9 Å². The molecule has 1 aromatic carbocycles. The molecule has 3 heterocycles.